The van der Waals surface area contributed by atoms with Gasteiger partial charge < -0.3 is 0 Å². The number of rotatable bonds is 5. The van der Waals surface area contributed by atoms with Crippen molar-refractivity contribution in [2.24, 2.45) is 0 Å². The third-order valence-corrected chi connectivity index (χ3v) is 8.84. The largest absolute Gasteiger partial charge is 0.208 e. The van der Waals surface area contributed by atoms with Gasteiger partial charge in [-0.3, -0.25) is 0 Å². The van der Waals surface area contributed by atoms with Crippen LogP contribution in [0.15, 0.2) is 164 Å². The van der Waals surface area contributed by atoms with Crippen LogP contribution < -0.4 is 0 Å². The zero-order valence-corrected chi connectivity index (χ0v) is 26.2. The van der Waals surface area contributed by atoms with Crippen molar-refractivity contribution in [3.8, 4) is 56.4 Å². The van der Waals surface area contributed by atoms with Gasteiger partial charge in [0.05, 0.1) is 0 Å². The Hall–Kier alpha value is -5.67. The van der Waals surface area contributed by atoms with Gasteiger partial charge in [0.15, 0.2) is 17.5 Å². The first-order valence-electron chi connectivity index (χ1n) is 15.7. The molecule has 0 aliphatic heterocycles. The van der Waals surface area contributed by atoms with E-state index in [4.69, 9.17) is 15.0 Å². The SMILES string of the molecule is C=C1/C=C\C=C/Cc2ccc(-c3cccc(-c4nc(-c5ccccc5)nc(-c5ccc(-c6ccccc6)cc5)n4)c3)cc2C1(C)C. The number of benzene rings is 5. The van der Waals surface area contributed by atoms with Crippen LogP contribution in [-0.2, 0) is 11.8 Å². The van der Waals surface area contributed by atoms with Crippen LogP contribution >= 0.6 is 0 Å². The Balaban J connectivity index is 1.31. The summed E-state index contributed by atoms with van der Waals surface area (Å²) >= 11 is 0. The molecule has 1 heterocycles. The van der Waals surface area contributed by atoms with Gasteiger partial charge in [0.2, 0.25) is 0 Å². The first-order valence-corrected chi connectivity index (χ1v) is 15.7. The number of fused-ring (bicyclic) bond motifs is 1. The van der Waals surface area contributed by atoms with Crippen molar-refractivity contribution in [2.45, 2.75) is 25.7 Å². The molecule has 6 aromatic rings. The maximum Gasteiger partial charge on any atom is 0.164 e. The lowest BCUT2D eigenvalue weighted by atomic mass is 9.75. The number of allylic oxidation sites excluding steroid dienone is 5. The molecule has 7 rings (SSSR count). The average Bonchev–Trinajstić information content (AvgIpc) is 3.16. The maximum atomic E-state index is 5.02. The molecule has 1 aliphatic carbocycles. The molecule has 0 radical (unpaired) electrons. The highest BCUT2D eigenvalue weighted by Crippen LogP contribution is 2.38. The number of hydrogen-bond donors (Lipinski definition) is 0. The second-order valence-electron chi connectivity index (χ2n) is 12.2. The fourth-order valence-electron chi connectivity index (χ4n) is 5.97. The molecule has 3 heteroatoms. The third-order valence-electron chi connectivity index (χ3n) is 8.84. The molecular weight excluding hydrogens is 558 g/mol. The molecule has 46 heavy (non-hydrogen) atoms. The van der Waals surface area contributed by atoms with Crippen molar-refractivity contribution in [1.82, 2.24) is 15.0 Å². The van der Waals surface area contributed by atoms with Crippen LogP contribution in [0.2, 0.25) is 0 Å². The zero-order chi connectivity index (χ0) is 31.5. The molecule has 0 N–H and O–H groups in total. The van der Waals surface area contributed by atoms with Crippen molar-refractivity contribution < 1.29 is 0 Å². The summed E-state index contributed by atoms with van der Waals surface area (Å²) in [7, 11) is 0. The molecule has 0 amide bonds. The quantitative estimate of drug-likeness (QED) is 0.200. The van der Waals surface area contributed by atoms with E-state index in [0.29, 0.717) is 17.5 Å². The summed E-state index contributed by atoms with van der Waals surface area (Å²) < 4.78 is 0. The standard InChI is InChI=1S/C43H35N3/c1-30-14-7-4-10-17-33-24-27-37(29-39(33)43(30,2)3)36-20-13-21-38(28-36)42-45-40(34-18-11-6-12-19-34)44-41(46-42)35-25-22-32(23-26-35)31-15-8-5-9-16-31/h4-16,18-29H,1,17H2,2-3H3/b10-4-,14-7-. The van der Waals surface area contributed by atoms with E-state index in [-0.39, 0.29) is 5.41 Å². The van der Waals surface area contributed by atoms with Gasteiger partial charge in [0.25, 0.3) is 0 Å². The Morgan fingerprint density at radius 2 is 1.00 bits per heavy atom. The summed E-state index contributed by atoms with van der Waals surface area (Å²) in [6, 6.07) is 44.2. The second kappa shape index (κ2) is 12.4. The van der Waals surface area contributed by atoms with Gasteiger partial charge in [-0.25, -0.2) is 15.0 Å². The first kappa shape index (κ1) is 29.1. The highest BCUT2D eigenvalue weighted by atomic mass is 15.0. The predicted octanol–water partition coefficient (Wildman–Crippen LogP) is 10.7. The topological polar surface area (TPSA) is 38.7 Å². The van der Waals surface area contributed by atoms with E-state index in [9.17, 15) is 0 Å². The molecule has 0 unspecified atom stereocenters. The number of aromatic nitrogens is 3. The van der Waals surface area contributed by atoms with Gasteiger partial charge in [0.1, 0.15) is 0 Å². The Morgan fingerprint density at radius 3 is 1.70 bits per heavy atom. The lowest BCUT2D eigenvalue weighted by molar-refractivity contribution is 0.635. The number of nitrogens with zero attached hydrogens (tertiary/aromatic N) is 3. The van der Waals surface area contributed by atoms with E-state index in [1.165, 1.54) is 16.7 Å². The molecule has 1 aliphatic rings. The molecule has 0 spiro atoms. The van der Waals surface area contributed by atoms with Crippen LogP contribution in [0, 0.1) is 0 Å². The fourth-order valence-corrected chi connectivity index (χ4v) is 5.97. The van der Waals surface area contributed by atoms with Crippen LogP contribution in [0.1, 0.15) is 25.0 Å². The highest BCUT2D eigenvalue weighted by Gasteiger charge is 2.26. The molecule has 222 valence electrons. The van der Waals surface area contributed by atoms with E-state index in [2.05, 4.69) is 136 Å². The summed E-state index contributed by atoms with van der Waals surface area (Å²) in [6.07, 6.45) is 9.42. The number of hydrogen-bond acceptors (Lipinski definition) is 3. The van der Waals surface area contributed by atoms with Crippen LogP contribution in [-0.4, -0.2) is 15.0 Å². The molecule has 0 fully saturated rings. The molecule has 0 saturated carbocycles. The van der Waals surface area contributed by atoms with Crippen molar-refractivity contribution in [3.63, 3.8) is 0 Å². The van der Waals surface area contributed by atoms with Crippen molar-refractivity contribution in [3.05, 3.63) is 175 Å². The van der Waals surface area contributed by atoms with Gasteiger partial charge in [0, 0.05) is 22.1 Å². The van der Waals surface area contributed by atoms with E-state index in [0.717, 1.165) is 45.4 Å². The minimum atomic E-state index is -0.199. The van der Waals surface area contributed by atoms with Gasteiger partial charge >= 0.3 is 0 Å². The highest BCUT2D eigenvalue weighted by molar-refractivity contribution is 5.74. The normalized spacial score (nSPS) is 15.2. The summed E-state index contributed by atoms with van der Waals surface area (Å²) in [5.74, 6) is 1.94. The summed E-state index contributed by atoms with van der Waals surface area (Å²) in [6.45, 7) is 8.92. The van der Waals surface area contributed by atoms with Crippen LogP contribution in [0.3, 0.4) is 0 Å². The molecule has 5 aromatic carbocycles. The monoisotopic (exact) mass is 593 g/mol. The fraction of sp³-hybridized carbons (Fsp3) is 0.0930. The maximum absolute atomic E-state index is 5.02. The minimum Gasteiger partial charge on any atom is -0.208 e. The Kier molecular flexibility index (Phi) is 7.82. The van der Waals surface area contributed by atoms with E-state index < -0.39 is 0 Å². The molecule has 3 nitrogen and oxygen atoms in total. The second-order valence-corrected chi connectivity index (χ2v) is 12.2. The Morgan fingerprint density at radius 1 is 0.500 bits per heavy atom. The smallest absolute Gasteiger partial charge is 0.164 e. The summed E-state index contributed by atoms with van der Waals surface area (Å²) in [4.78, 5) is 14.9. The van der Waals surface area contributed by atoms with Gasteiger partial charge in [-0.1, -0.05) is 160 Å². The minimum absolute atomic E-state index is 0.199. The lowest BCUT2D eigenvalue weighted by Crippen LogP contribution is -2.20. The van der Waals surface area contributed by atoms with Crippen molar-refractivity contribution in [2.75, 3.05) is 0 Å². The third kappa shape index (κ3) is 5.88. The van der Waals surface area contributed by atoms with Gasteiger partial charge in [-0.15, -0.1) is 0 Å². The summed E-state index contributed by atoms with van der Waals surface area (Å²) in [5.41, 5.74) is 10.9. The van der Waals surface area contributed by atoms with E-state index >= 15 is 0 Å². The van der Waals surface area contributed by atoms with Gasteiger partial charge in [-0.05, 0) is 57.5 Å². The van der Waals surface area contributed by atoms with E-state index in [1.54, 1.807) is 0 Å². The lowest BCUT2D eigenvalue weighted by Gasteiger charge is -2.29. The molecule has 0 atom stereocenters. The summed E-state index contributed by atoms with van der Waals surface area (Å²) in [5, 5.41) is 0. The van der Waals surface area contributed by atoms with Crippen LogP contribution in [0.4, 0.5) is 0 Å². The Labute approximate surface area is 271 Å². The molecular formula is C43H35N3. The van der Waals surface area contributed by atoms with Crippen molar-refractivity contribution >= 4 is 0 Å². The predicted molar refractivity (Wildman–Crippen MR) is 191 cm³/mol. The van der Waals surface area contributed by atoms with E-state index in [1.807, 2.05) is 36.4 Å². The molecule has 0 bridgehead atoms. The van der Waals surface area contributed by atoms with Crippen LogP contribution in [0.25, 0.3) is 56.4 Å². The first-order chi connectivity index (χ1) is 22.5. The van der Waals surface area contributed by atoms with Crippen molar-refractivity contribution in [1.29, 1.82) is 0 Å². The molecule has 0 saturated heterocycles. The average molecular weight is 594 g/mol. The Bertz CT molecular complexity index is 2090. The zero-order valence-electron chi connectivity index (χ0n) is 26.2. The molecule has 1 aromatic heterocycles. The van der Waals surface area contributed by atoms with Crippen LogP contribution in [0.5, 0.6) is 0 Å². The van der Waals surface area contributed by atoms with Gasteiger partial charge in [-0.2, -0.15) is 0 Å².